The molecule has 0 N–H and O–H groups in total. The van der Waals surface area contributed by atoms with Crippen LogP contribution in [-0.2, 0) is 6.54 Å². The molecule has 0 saturated carbocycles. The van der Waals surface area contributed by atoms with Crippen LogP contribution >= 0.6 is 0 Å². The van der Waals surface area contributed by atoms with E-state index >= 15 is 0 Å². The van der Waals surface area contributed by atoms with Gasteiger partial charge in [-0.1, -0.05) is 99.7 Å². The van der Waals surface area contributed by atoms with Gasteiger partial charge in [-0.3, -0.25) is 9.59 Å². The molecule has 0 fully saturated rings. The first-order valence-corrected chi connectivity index (χ1v) is 19.8. The second kappa shape index (κ2) is 17.0. The number of nitrogens with zero attached hydrogens (tertiary/aromatic N) is 2. The van der Waals surface area contributed by atoms with Gasteiger partial charge in [0, 0.05) is 36.1 Å². The van der Waals surface area contributed by atoms with Crippen molar-refractivity contribution >= 4 is 21.8 Å². The molecule has 0 saturated heterocycles. The van der Waals surface area contributed by atoms with Crippen LogP contribution in [0.3, 0.4) is 0 Å². The number of hydrogen-bond acceptors (Lipinski definition) is 2. The lowest BCUT2D eigenvalue weighted by molar-refractivity contribution is 0.435. The zero-order valence-corrected chi connectivity index (χ0v) is 34.2. The first-order valence-electron chi connectivity index (χ1n) is 19.8. The molecule has 0 radical (unpaired) electrons. The molecule has 0 aliphatic rings. The van der Waals surface area contributed by atoms with Crippen LogP contribution in [0.1, 0.15) is 110 Å². The Morgan fingerprint density at radius 2 is 0.962 bits per heavy atom. The number of rotatable bonds is 10. The van der Waals surface area contributed by atoms with Crippen molar-refractivity contribution in [1.82, 2.24) is 9.13 Å². The first-order chi connectivity index (χ1) is 25.3. The average molecular weight is 709 g/mol. The number of pyridine rings is 2. The Kier molecular flexibility index (Phi) is 12.6. The van der Waals surface area contributed by atoms with Crippen LogP contribution in [0.25, 0.3) is 44.1 Å². The molecule has 53 heavy (non-hydrogen) atoms. The van der Waals surface area contributed by atoms with Gasteiger partial charge in [-0.05, 0) is 131 Å². The molecule has 0 spiro atoms. The predicted octanol–water partition coefficient (Wildman–Crippen LogP) is 12.7. The maximum atomic E-state index is 13.3. The molecule has 0 unspecified atom stereocenters. The van der Waals surface area contributed by atoms with Crippen LogP contribution in [0.5, 0.6) is 0 Å². The highest BCUT2D eigenvalue weighted by Gasteiger charge is 2.19. The van der Waals surface area contributed by atoms with E-state index in [4.69, 9.17) is 0 Å². The summed E-state index contributed by atoms with van der Waals surface area (Å²) in [6.07, 6.45) is 10.9. The van der Waals surface area contributed by atoms with E-state index in [1.165, 1.54) is 44.5 Å². The van der Waals surface area contributed by atoms with Crippen molar-refractivity contribution in [3.8, 4) is 22.3 Å². The van der Waals surface area contributed by atoms with Gasteiger partial charge in [0.1, 0.15) is 0 Å². The lowest BCUT2D eigenvalue weighted by atomic mass is 9.90. The fourth-order valence-corrected chi connectivity index (χ4v) is 8.64. The minimum Gasteiger partial charge on any atom is -0.347 e. The number of unbranched alkanes of at least 4 members (excludes halogenated alkanes) is 1. The Labute approximate surface area is 317 Å². The van der Waals surface area contributed by atoms with Crippen LogP contribution < -0.4 is 10.9 Å². The Morgan fingerprint density at radius 3 is 1.42 bits per heavy atom. The highest BCUT2D eigenvalue weighted by atomic mass is 16.1. The number of hydrogen-bond donors (Lipinski definition) is 0. The van der Waals surface area contributed by atoms with E-state index in [-0.39, 0.29) is 10.9 Å². The second-order valence-corrected chi connectivity index (χ2v) is 15.4. The summed E-state index contributed by atoms with van der Waals surface area (Å²) >= 11 is 0. The van der Waals surface area contributed by atoms with E-state index in [1.54, 1.807) is 0 Å². The van der Waals surface area contributed by atoms with Gasteiger partial charge in [-0.25, -0.2) is 0 Å². The van der Waals surface area contributed by atoms with Gasteiger partial charge >= 0.3 is 0 Å². The van der Waals surface area contributed by atoms with Gasteiger partial charge in [0.2, 0.25) is 0 Å². The molecule has 0 bridgehead atoms. The van der Waals surface area contributed by atoms with Gasteiger partial charge in [0.05, 0.1) is 21.8 Å². The normalized spacial score (nSPS) is 11.4. The van der Waals surface area contributed by atoms with Crippen LogP contribution in [0.15, 0.2) is 82.6 Å². The van der Waals surface area contributed by atoms with Crippen molar-refractivity contribution in [2.45, 2.75) is 127 Å². The van der Waals surface area contributed by atoms with Crippen LogP contribution in [0, 0.1) is 55.4 Å². The first kappa shape index (κ1) is 39.5. The molecular weight excluding hydrogens is 649 g/mol. The summed E-state index contributed by atoms with van der Waals surface area (Å²) < 4.78 is 4.62. The van der Waals surface area contributed by atoms with Gasteiger partial charge in [0.15, 0.2) is 10.9 Å². The van der Waals surface area contributed by atoms with E-state index < -0.39 is 0 Å². The summed E-state index contributed by atoms with van der Waals surface area (Å²) in [4.78, 5) is 26.3. The Bertz CT molecular complexity index is 2340. The van der Waals surface area contributed by atoms with Crippen molar-refractivity contribution in [3.63, 3.8) is 0 Å². The summed E-state index contributed by atoms with van der Waals surface area (Å²) in [6, 6.07) is 21.9. The zero-order valence-electron chi connectivity index (χ0n) is 34.2. The number of benzene rings is 4. The smallest absolute Gasteiger partial charge is 0.192 e. The Morgan fingerprint density at radius 1 is 0.528 bits per heavy atom. The number of aromatic nitrogens is 2. The highest BCUT2D eigenvalue weighted by molar-refractivity contribution is 5.98. The van der Waals surface area contributed by atoms with Crippen LogP contribution in [0.4, 0.5) is 0 Å². The molecule has 4 aromatic carbocycles. The van der Waals surface area contributed by atoms with Gasteiger partial charge < -0.3 is 9.13 Å². The summed E-state index contributed by atoms with van der Waals surface area (Å²) in [6.45, 7) is 24.3. The second-order valence-electron chi connectivity index (χ2n) is 15.4. The predicted molar refractivity (Wildman–Crippen MR) is 229 cm³/mol. The maximum absolute atomic E-state index is 13.3. The van der Waals surface area contributed by atoms with Crippen molar-refractivity contribution in [2.24, 2.45) is 0 Å². The Balaban J connectivity index is 0.000000206. The summed E-state index contributed by atoms with van der Waals surface area (Å²) in [7, 11) is 0. The van der Waals surface area contributed by atoms with Crippen LogP contribution in [-0.4, -0.2) is 9.13 Å². The summed E-state index contributed by atoms with van der Waals surface area (Å²) in [5, 5.41) is 1.73. The van der Waals surface area contributed by atoms with Crippen molar-refractivity contribution in [1.29, 1.82) is 0 Å². The molecular formula is C49H60N2O2. The van der Waals surface area contributed by atoms with E-state index in [1.807, 2.05) is 20.0 Å². The summed E-state index contributed by atoms with van der Waals surface area (Å²) in [5.74, 6) is 0. The maximum Gasteiger partial charge on any atom is 0.192 e. The average Bonchev–Trinajstić information content (AvgIpc) is 3.10. The van der Waals surface area contributed by atoms with E-state index in [0.717, 1.165) is 89.1 Å². The molecule has 0 aliphatic carbocycles. The topological polar surface area (TPSA) is 44.0 Å². The van der Waals surface area contributed by atoms with E-state index in [2.05, 4.69) is 138 Å². The van der Waals surface area contributed by atoms with Crippen molar-refractivity contribution in [2.75, 3.05) is 0 Å². The molecule has 0 amide bonds. The van der Waals surface area contributed by atoms with Crippen LogP contribution in [0.2, 0.25) is 0 Å². The lowest BCUT2D eigenvalue weighted by Crippen LogP contribution is -2.17. The third kappa shape index (κ3) is 8.12. The Hall–Kier alpha value is -4.70. The van der Waals surface area contributed by atoms with E-state index in [0.29, 0.717) is 6.04 Å². The van der Waals surface area contributed by atoms with Crippen molar-refractivity contribution < 1.29 is 0 Å². The number of fused-ring (bicyclic) bond motifs is 2. The fourth-order valence-electron chi connectivity index (χ4n) is 8.64. The molecule has 4 heteroatoms. The minimum absolute atomic E-state index is 0.151. The molecule has 0 atom stereocenters. The molecule has 2 heterocycles. The third-order valence-corrected chi connectivity index (χ3v) is 10.8. The monoisotopic (exact) mass is 708 g/mol. The van der Waals surface area contributed by atoms with Gasteiger partial charge in [-0.2, -0.15) is 0 Å². The molecule has 4 nitrogen and oxygen atoms in total. The van der Waals surface area contributed by atoms with E-state index in [9.17, 15) is 9.59 Å². The molecule has 6 rings (SSSR count). The standard InChI is InChI=1S/C26H33NO.C23H27NO/c1-7-10-21(11-8-2)27-16-20(6)26(28)25-22(12-9-13-23(25)27)24-18(4)14-17(3)15-19(24)5;1-6-7-11-24-14-18(5)23(25)22-19(9-8-10-20(22)24)21-16(3)12-15(2)13-17(21)4/h9,12-16,21H,7-8,10-11H2,1-6H3;8-10,12-14H,6-7,11H2,1-5H3. The SMILES string of the molecule is CCCC(CCC)n1cc(C)c(=O)c2c(-c3c(C)cc(C)cc3C)cccc21.CCCCn1cc(C)c(=O)c2c(-c3c(C)cc(C)cc3C)cccc21. The largest absolute Gasteiger partial charge is 0.347 e. The fraction of sp³-hybridized carbons (Fsp3) is 0.388. The quantitative estimate of drug-likeness (QED) is 0.142. The summed E-state index contributed by atoms with van der Waals surface area (Å²) in [5.41, 5.74) is 16.0. The molecule has 6 aromatic rings. The van der Waals surface area contributed by atoms with Gasteiger partial charge in [-0.15, -0.1) is 0 Å². The molecule has 278 valence electrons. The van der Waals surface area contributed by atoms with Gasteiger partial charge in [0.25, 0.3) is 0 Å². The molecule has 0 aliphatic heterocycles. The molecule has 2 aromatic heterocycles. The zero-order chi connectivity index (χ0) is 38.6. The lowest BCUT2D eigenvalue weighted by Gasteiger charge is -2.24. The third-order valence-electron chi connectivity index (χ3n) is 10.8. The van der Waals surface area contributed by atoms with Crippen molar-refractivity contribution in [3.05, 3.63) is 138 Å². The minimum atomic E-state index is 0.151. The highest BCUT2D eigenvalue weighted by Crippen LogP contribution is 2.35. The number of aryl methyl sites for hydroxylation is 9.